The molecular weight excluding hydrogens is 310 g/mol. The molecule has 3 rings (SSSR count). The van der Waals surface area contributed by atoms with Crippen LogP contribution in [0.3, 0.4) is 0 Å². The van der Waals surface area contributed by atoms with Crippen LogP contribution in [0.5, 0.6) is 5.75 Å². The standard InChI is InChI=1S/C15H10F2N2O2S/c1-21-12-5-3-2-4-8(12)14(20)19-15-18-11-6-9(16)10(17)7-13(11)22-15/h2-7H,1H3,(H,18,19,20). The van der Waals surface area contributed by atoms with Gasteiger partial charge in [0.25, 0.3) is 5.91 Å². The van der Waals surface area contributed by atoms with Gasteiger partial charge in [0.1, 0.15) is 5.75 Å². The van der Waals surface area contributed by atoms with E-state index in [4.69, 9.17) is 4.74 Å². The van der Waals surface area contributed by atoms with Crippen molar-refractivity contribution in [1.29, 1.82) is 0 Å². The summed E-state index contributed by atoms with van der Waals surface area (Å²) in [7, 11) is 1.47. The van der Waals surface area contributed by atoms with Crippen LogP contribution in [-0.2, 0) is 0 Å². The number of thiazole rings is 1. The maximum Gasteiger partial charge on any atom is 0.261 e. The molecular formula is C15H10F2N2O2S. The smallest absolute Gasteiger partial charge is 0.261 e. The quantitative estimate of drug-likeness (QED) is 0.798. The third kappa shape index (κ3) is 2.62. The zero-order valence-corrected chi connectivity index (χ0v) is 12.2. The number of carbonyl (C=O) groups is 1. The normalized spacial score (nSPS) is 10.7. The number of amides is 1. The van der Waals surface area contributed by atoms with Gasteiger partial charge in [0.2, 0.25) is 0 Å². The molecule has 2 aromatic carbocycles. The number of carbonyl (C=O) groups excluding carboxylic acids is 1. The fraction of sp³-hybridized carbons (Fsp3) is 0.0667. The SMILES string of the molecule is COc1ccccc1C(=O)Nc1nc2cc(F)c(F)cc2s1. The Bertz CT molecular complexity index is 825. The summed E-state index contributed by atoms with van der Waals surface area (Å²) in [6.45, 7) is 0. The maximum absolute atomic E-state index is 13.2. The lowest BCUT2D eigenvalue weighted by Crippen LogP contribution is -2.12. The summed E-state index contributed by atoms with van der Waals surface area (Å²) in [6, 6.07) is 8.79. The van der Waals surface area contributed by atoms with E-state index in [1.807, 2.05) is 0 Å². The molecule has 3 aromatic rings. The Kier molecular flexibility index (Phi) is 3.72. The molecule has 1 N–H and O–H groups in total. The van der Waals surface area contributed by atoms with E-state index < -0.39 is 17.5 Å². The summed E-state index contributed by atoms with van der Waals surface area (Å²) in [5.41, 5.74) is 0.640. The largest absolute Gasteiger partial charge is 0.496 e. The lowest BCUT2D eigenvalue weighted by Gasteiger charge is -2.06. The number of ether oxygens (including phenoxy) is 1. The lowest BCUT2D eigenvalue weighted by atomic mass is 10.2. The van der Waals surface area contributed by atoms with Crippen LogP contribution >= 0.6 is 11.3 Å². The number of anilines is 1. The molecule has 7 heteroatoms. The number of fused-ring (bicyclic) bond motifs is 1. The number of hydrogen-bond donors (Lipinski definition) is 1. The number of rotatable bonds is 3. The van der Waals surface area contributed by atoms with E-state index in [9.17, 15) is 13.6 Å². The minimum Gasteiger partial charge on any atom is -0.496 e. The van der Waals surface area contributed by atoms with Gasteiger partial charge in [-0.15, -0.1) is 0 Å². The lowest BCUT2D eigenvalue weighted by molar-refractivity contribution is 0.102. The summed E-state index contributed by atoms with van der Waals surface area (Å²) in [5.74, 6) is -1.89. The first-order chi connectivity index (χ1) is 10.6. The van der Waals surface area contributed by atoms with Crippen molar-refractivity contribution >= 4 is 32.6 Å². The van der Waals surface area contributed by atoms with Gasteiger partial charge in [-0.1, -0.05) is 23.5 Å². The van der Waals surface area contributed by atoms with Crippen molar-refractivity contribution in [3.63, 3.8) is 0 Å². The van der Waals surface area contributed by atoms with Crippen molar-refractivity contribution < 1.29 is 18.3 Å². The van der Waals surface area contributed by atoms with Gasteiger partial charge in [0, 0.05) is 6.07 Å². The van der Waals surface area contributed by atoms with Crippen molar-refractivity contribution in [2.45, 2.75) is 0 Å². The molecule has 112 valence electrons. The number of nitrogens with one attached hydrogen (secondary N) is 1. The molecule has 1 aromatic heterocycles. The Morgan fingerprint density at radius 3 is 2.73 bits per heavy atom. The average molecular weight is 320 g/mol. The maximum atomic E-state index is 13.2. The van der Waals surface area contributed by atoms with E-state index in [2.05, 4.69) is 10.3 Å². The van der Waals surface area contributed by atoms with E-state index in [0.29, 0.717) is 21.5 Å². The number of nitrogens with zero attached hydrogens (tertiary/aromatic N) is 1. The van der Waals surface area contributed by atoms with Crippen LogP contribution < -0.4 is 10.1 Å². The number of methoxy groups -OCH3 is 1. The molecule has 0 fully saturated rings. The molecule has 0 spiro atoms. The second-order valence-electron chi connectivity index (χ2n) is 4.41. The van der Waals surface area contributed by atoms with Gasteiger partial charge in [-0.25, -0.2) is 13.8 Å². The Labute approximate surface area is 128 Å². The molecule has 0 aliphatic carbocycles. The van der Waals surface area contributed by atoms with Gasteiger partial charge in [0.15, 0.2) is 16.8 Å². The van der Waals surface area contributed by atoms with Gasteiger partial charge in [-0.3, -0.25) is 10.1 Å². The van der Waals surface area contributed by atoms with Crippen LogP contribution in [-0.4, -0.2) is 18.0 Å². The van der Waals surface area contributed by atoms with E-state index >= 15 is 0 Å². The molecule has 0 aliphatic heterocycles. The average Bonchev–Trinajstić information content (AvgIpc) is 2.88. The zero-order valence-electron chi connectivity index (χ0n) is 11.4. The van der Waals surface area contributed by atoms with Crippen molar-refractivity contribution in [3.05, 3.63) is 53.6 Å². The second kappa shape index (κ2) is 5.69. The molecule has 0 atom stereocenters. The summed E-state index contributed by atoms with van der Waals surface area (Å²) in [4.78, 5) is 16.3. The molecule has 0 unspecified atom stereocenters. The van der Waals surface area contributed by atoms with Gasteiger partial charge in [-0.2, -0.15) is 0 Å². The highest BCUT2D eigenvalue weighted by Crippen LogP contribution is 2.28. The van der Waals surface area contributed by atoms with Gasteiger partial charge in [-0.05, 0) is 18.2 Å². The Balaban J connectivity index is 1.91. The van der Waals surface area contributed by atoms with Crippen LogP contribution in [0.1, 0.15) is 10.4 Å². The highest BCUT2D eigenvalue weighted by molar-refractivity contribution is 7.22. The van der Waals surface area contributed by atoms with Gasteiger partial charge in [0.05, 0.1) is 22.9 Å². The third-order valence-electron chi connectivity index (χ3n) is 3.00. The van der Waals surface area contributed by atoms with E-state index in [1.54, 1.807) is 24.3 Å². The fourth-order valence-electron chi connectivity index (χ4n) is 1.97. The molecule has 0 saturated heterocycles. The second-order valence-corrected chi connectivity index (χ2v) is 5.44. The van der Waals surface area contributed by atoms with Crippen molar-refractivity contribution in [2.75, 3.05) is 12.4 Å². The number of para-hydroxylation sites is 1. The van der Waals surface area contributed by atoms with Gasteiger partial charge >= 0.3 is 0 Å². The zero-order chi connectivity index (χ0) is 15.7. The first-order valence-corrected chi connectivity index (χ1v) is 7.10. The van der Waals surface area contributed by atoms with E-state index in [1.165, 1.54) is 7.11 Å². The molecule has 0 aliphatic rings. The molecule has 22 heavy (non-hydrogen) atoms. The Morgan fingerprint density at radius 1 is 1.23 bits per heavy atom. The number of halogens is 2. The highest BCUT2D eigenvalue weighted by atomic mass is 32.1. The highest BCUT2D eigenvalue weighted by Gasteiger charge is 2.15. The fourth-order valence-corrected chi connectivity index (χ4v) is 2.84. The van der Waals surface area contributed by atoms with Crippen LogP contribution in [0.25, 0.3) is 10.2 Å². The summed E-state index contributed by atoms with van der Waals surface area (Å²) >= 11 is 1.07. The number of hydrogen-bond acceptors (Lipinski definition) is 4. The Hall–Kier alpha value is -2.54. The molecule has 0 bridgehead atoms. The van der Waals surface area contributed by atoms with Crippen molar-refractivity contribution in [1.82, 2.24) is 4.98 Å². The minimum absolute atomic E-state index is 0.260. The monoisotopic (exact) mass is 320 g/mol. The Morgan fingerprint density at radius 2 is 1.95 bits per heavy atom. The van der Waals surface area contributed by atoms with Crippen LogP contribution in [0.4, 0.5) is 13.9 Å². The van der Waals surface area contributed by atoms with Crippen molar-refractivity contribution in [3.8, 4) is 5.75 Å². The first-order valence-electron chi connectivity index (χ1n) is 6.28. The molecule has 0 radical (unpaired) electrons. The van der Waals surface area contributed by atoms with E-state index in [0.717, 1.165) is 23.5 Å². The van der Waals surface area contributed by atoms with Crippen LogP contribution in [0.15, 0.2) is 36.4 Å². The third-order valence-corrected chi connectivity index (χ3v) is 3.94. The summed E-state index contributed by atoms with van der Waals surface area (Å²) in [5, 5.41) is 2.86. The predicted octanol–water partition coefficient (Wildman–Crippen LogP) is 3.84. The first kappa shape index (κ1) is 14.4. The molecule has 4 nitrogen and oxygen atoms in total. The van der Waals surface area contributed by atoms with Crippen molar-refractivity contribution in [2.24, 2.45) is 0 Å². The van der Waals surface area contributed by atoms with E-state index in [-0.39, 0.29) is 5.13 Å². The number of aromatic nitrogens is 1. The summed E-state index contributed by atoms with van der Waals surface area (Å²) < 4.78 is 31.9. The number of benzene rings is 2. The summed E-state index contributed by atoms with van der Waals surface area (Å²) in [6.07, 6.45) is 0. The predicted molar refractivity (Wildman–Crippen MR) is 80.5 cm³/mol. The van der Waals surface area contributed by atoms with Crippen LogP contribution in [0, 0.1) is 11.6 Å². The van der Waals surface area contributed by atoms with Crippen LogP contribution in [0.2, 0.25) is 0 Å². The molecule has 1 amide bonds. The van der Waals surface area contributed by atoms with Gasteiger partial charge < -0.3 is 4.74 Å². The molecule has 0 saturated carbocycles. The minimum atomic E-state index is -0.972. The topological polar surface area (TPSA) is 51.2 Å². The molecule has 1 heterocycles.